The Morgan fingerprint density at radius 3 is 2.83 bits per heavy atom. The van der Waals surface area contributed by atoms with Gasteiger partial charge in [0.25, 0.3) is 0 Å². The molecule has 1 rings (SSSR count). The lowest BCUT2D eigenvalue weighted by Crippen LogP contribution is -2.81. The molecule has 0 radical (unpaired) electrons. The van der Waals surface area contributed by atoms with E-state index in [1.807, 2.05) is 0 Å². The highest BCUT2D eigenvalue weighted by Crippen LogP contribution is 2.20. The van der Waals surface area contributed by atoms with Crippen molar-refractivity contribution in [2.24, 2.45) is 0 Å². The molecule has 3 N–H and O–H groups in total. The van der Waals surface area contributed by atoms with Gasteiger partial charge in [-0.15, -0.1) is 0 Å². The summed E-state index contributed by atoms with van der Waals surface area (Å²) in [5, 5.41) is 19.5. The highest BCUT2D eigenvalue weighted by Gasteiger charge is 2.11. The second-order valence-electron chi connectivity index (χ2n) is 2.14. The fourth-order valence-electron chi connectivity index (χ4n) is 0.769. The van der Waals surface area contributed by atoms with Crippen LogP contribution in [0.25, 0.3) is 0 Å². The Morgan fingerprint density at radius 2 is 2.25 bits per heavy atom. The van der Waals surface area contributed by atoms with Crippen LogP contribution in [0.4, 0.5) is 0 Å². The number of carbonyl (C=O) groups excluding carboxylic acids is 1. The van der Waals surface area contributed by atoms with E-state index in [1.54, 1.807) is 0 Å². The molecule has 12 heavy (non-hydrogen) atoms. The van der Waals surface area contributed by atoms with Crippen molar-refractivity contribution in [2.75, 3.05) is 0 Å². The Morgan fingerprint density at radius 1 is 1.58 bits per heavy atom. The van der Waals surface area contributed by atoms with Gasteiger partial charge in [0.15, 0.2) is 0 Å². The van der Waals surface area contributed by atoms with Crippen LogP contribution in [0.15, 0.2) is 18.2 Å². The number of hydroxylamine groups is 1. The molecule has 0 aromatic heterocycles. The Hall–Kier alpha value is -1.10. The number of nitrogens with two attached hydrogens (primary N) is 1. The molecular weight excluding hydrogens is 182 g/mol. The number of amides is 1. The van der Waals surface area contributed by atoms with Crippen molar-refractivity contribution >= 4 is 17.5 Å². The van der Waals surface area contributed by atoms with E-state index in [-0.39, 0.29) is 16.8 Å². The van der Waals surface area contributed by atoms with Gasteiger partial charge in [0.2, 0.25) is 0 Å². The van der Waals surface area contributed by atoms with Gasteiger partial charge in [-0.1, -0.05) is 11.6 Å². The van der Waals surface area contributed by atoms with E-state index in [1.165, 1.54) is 18.2 Å². The monoisotopic (exact) mass is 187 g/mol. The second kappa shape index (κ2) is 3.53. The van der Waals surface area contributed by atoms with Crippen molar-refractivity contribution < 1.29 is 15.4 Å². The minimum absolute atomic E-state index is 0.0718. The highest BCUT2D eigenvalue weighted by molar-refractivity contribution is 6.31. The van der Waals surface area contributed by atoms with E-state index >= 15 is 0 Å². The zero-order valence-electron chi connectivity index (χ0n) is 5.95. The lowest BCUT2D eigenvalue weighted by molar-refractivity contribution is -0.482. The summed E-state index contributed by atoms with van der Waals surface area (Å²) >= 11 is 5.54. The van der Waals surface area contributed by atoms with E-state index in [0.717, 1.165) is 0 Å². The molecule has 0 unspecified atom stereocenters. The minimum atomic E-state index is -0.782. The van der Waals surface area contributed by atoms with Gasteiger partial charge in [-0.2, -0.15) is 0 Å². The maximum absolute atomic E-state index is 10.8. The van der Waals surface area contributed by atoms with Crippen molar-refractivity contribution in [2.45, 2.75) is 0 Å². The summed E-state index contributed by atoms with van der Waals surface area (Å²) in [5.41, 5.74) is 0.0586. The number of hydrogen-bond acceptors (Lipinski definition) is 3. The Labute approximate surface area is 73.4 Å². The van der Waals surface area contributed by atoms with Crippen LogP contribution in [-0.2, 0) is 0 Å². The summed E-state index contributed by atoms with van der Waals surface area (Å²) in [7, 11) is 0. The summed E-state index contributed by atoms with van der Waals surface area (Å²) in [6.07, 6.45) is 0. The van der Waals surface area contributed by atoms with Gasteiger partial charge >= 0.3 is 5.91 Å². The third kappa shape index (κ3) is 1.73. The number of phenols is 1. The number of aromatic hydroxyl groups is 1. The maximum atomic E-state index is 10.8. The summed E-state index contributed by atoms with van der Waals surface area (Å²) in [6.45, 7) is 0. The second-order valence-corrected chi connectivity index (χ2v) is 2.58. The first-order valence-electron chi connectivity index (χ1n) is 3.13. The average Bonchev–Trinajstić information content (AvgIpc) is 2.08. The number of rotatable bonds is 1. The van der Waals surface area contributed by atoms with Gasteiger partial charge in [-0.25, -0.2) is 4.79 Å². The third-order valence-corrected chi connectivity index (χ3v) is 1.57. The summed E-state index contributed by atoms with van der Waals surface area (Å²) in [6, 6.07) is 3.94. The van der Waals surface area contributed by atoms with E-state index in [2.05, 4.69) is 0 Å². The van der Waals surface area contributed by atoms with Gasteiger partial charge in [0.1, 0.15) is 11.3 Å². The molecule has 0 heterocycles. The number of carbonyl (C=O) groups is 1. The molecular formula is C7H6ClNO3. The maximum Gasteiger partial charge on any atom is 0.346 e. The fraction of sp³-hybridized carbons (Fsp3) is 0. The number of halogens is 1. The smallest absolute Gasteiger partial charge is 0.346 e. The molecule has 0 saturated heterocycles. The number of hydrogen-bond donors (Lipinski definition) is 2. The molecule has 0 bridgehead atoms. The van der Waals surface area contributed by atoms with Crippen LogP contribution in [0.2, 0.25) is 5.02 Å². The van der Waals surface area contributed by atoms with Crippen molar-refractivity contribution in [1.82, 2.24) is 0 Å². The van der Waals surface area contributed by atoms with Gasteiger partial charge in [-0.05, 0) is 18.2 Å². The Balaban J connectivity index is 3.13. The zero-order valence-corrected chi connectivity index (χ0v) is 6.71. The largest absolute Gasteiger partial charge is 0.628 e. The van der Waals surface area contributed by atoms with Crippen LogP contribution in [0.1, 0.15) is 10.4 Å². The SMILES string of the molecule is O=C([NH2+][O-])c1cc(Cl)ccc1O. The number of benzene rings is 1. The van der Waals surface area contributed by atoms with Gasteiger partial charge in [-0.3, -0.25) is 0 Å². The first-order valence-corrected chi connectivity index (χ1v) is 3.51. The van der Waals surface area contributed by atoms with E-state index < -0.39 is 5.91 Å². The van der Waals surface area contributed by atoms with Crippen molar-refractivity contribution in [3.63, 3.8) is 0 Å². The molecule has 0 aliphatic carbocycles. The normalized spacial score (nSPS) is 9.83. The van der Waals surface area contributed by atoms with Gasteiger partial charge < -0.3 is 15.8 Å². The molecule has 1 aromatic carbocycles. The molecule has 0 atom stereocenters. The highest BCUT2D eigenvalue weighted by atomic mass is 35.5. The molecule has 0 spiro atoms. The molecule has 64 valence electrons. The lowest BCUT2D eigenvalue weighted by Gasteiger charge is -2.02. The van der Waals surface area contributed by atoms with Crippen LogP contribution in [0, 0.1) is 5.21 Å². The van der Waals surface area contributed by atoms with E-state index in [0.29, 0.717) is 5.02 Å². The Bertz CT molecular complexity index is 314. The molecule has 1 aromatic rings. The minimum Gasteiger partial charge on any atom is -0.628 e. The number of quaternary nitrogens is 1. The average molecular weight is 188 g/mol. The van der Waals surface area contributed by atoms with Gasteiger partial charge in [0, 0.05) is 5.02 Å². The van der Waals surface area contributed by atoms with Crippen LogP contribution < -0.4 is 5.48 Å². The molecule has 4 nitrogen and oxygen atoms in total. The first-order chi connectivity index (χ1) is 5.65. The fourth-order valence-corrected chi connectivity index (χ4v) is 0.941. The lowest BCUT2D eigenvalue weighted by atomic mass is 10.2. The molecule has 1 amide bonds. The molecule has 0 aliphatic heterocycles. The molecule has 5 heteroatoms. The third-order valence-electron chi connectivity index (χ3n) is 1.33. The standard InChI is InChI=1S/C7H6ClNO3/c8-4-1-2-6(10)5(3-4)7(11)9-12/h1-3,10H,9H2. The van der Waals surface area contributed by atoms with E-state index in [4.69, 9.17) is 16.7 Å². The number of primary amides is 1. The van der Waals surface area contributed by atoms with Crippen molar-refractivity contribution in [3.05, 3.63) is 34.0 Å². The molecule has 0 fully saturated rings. The van der Waals surface area contributed by atoms with Crippen molar-refractivity contribution in [3.8, 4) is 5.75 Å². The predicted octanol–water partition coefficient (Wildman–Crippen LogP) is 0.247. The van der Waals surface area contributed by atoms with Gasteiger partial charge in [0.05, 0.1) is 0 Å². The Kier molecular flexibility index (Phi) is 2.65. The predicted molar refractivity (Wildman–Crippen MR) is 42.7 cm³/mol. The van der Waals surface area contributed by atoms with Crippen LogP contribution in [0.3, 0.4) is 0 Å². The summed E-state index contributed by atoms with van der Waals surface area (Å²) < 4.78 is 0. The molecule has 0 saturated carbocycles. The molecule has 0 aliphatic rings. The van der Waals surface area contributed by atoms with Crippen LogP contribution in [0.5, 0.6) is 5.75 Å². The van der Waals surface area contributed by atoms with E-state index in [9.17, 15) is 10.0 Å². The quantitative estimate of drug-likeness (QED) is 0.619. The summed E-state index contributed by atoms with van der Waals surface area (Å²) in [4.78, 5) is 10.8. The topological polar surface area (TPSA) is 77.0 Å². The van der Waals surface area contributed by atoms with Crippen LogP contribution >= 0.6 is 11.6 Å². The zero-order chi connectivity index (χ0) is 9.14. The van der Waals surface area contributed by atoms with Crippen molar-refractivity contribution in [1.29, 1.82) is 0 Å². The first kappa shape index (κ1) is 8.99. The summed E-state index contributed by atoms with van der Waals surface area (Å²) in [5.74, 6) is -1.02. The van der Waals surface area contributed by atoms with Crippen LogP contribution in [-0.4, -0.2) is 11.0 Å².